The van der Waals surface area contributed by atoms with Crippen LogP contribution in [0.5, 0.6) is 5.75 Å². The summed E-state index contributed by atoms with van der Waals surface area (Å²) < 4.78 is 5.14. The molecule has 2 rings (SSSR count). The fourth-order valence-corrected chi connectivity index (χ4v) is 2.09. The summed E-state index contributed by atoms with van der Waals surface area (Å²) in [6.45, 7) is 2.59. The van der Waals surface area contributed by atoms with Crippen molar-refractivity contribution in [3.05, 3.63) is 29.8 Å². The molecule has 1 aliphatic carbocycles. The number of benzene rings is 1. The van der Waals surface area contributed by atoms with Gasteiger partial charge in [0.25, 0.3) is 0 Å². The molecule has 1 aliphatic rings. The summed E-state index contributed by atoms with van der Waals surface area (Å²) >= 11 is 0. The smallest absolute Gasteiger partial charge is 0.240 e. The van der Waals surface area contributed by atoms with Crippen LogP contribution in [0.15, 0.2) is 24.3 Å². The average molecular weight is 262 g/mol. The zero-order chi connectivity index (χ0) is 13.8. The van der Waals surface area contributed by atoms with E-state index in [1.54, 1.807) is 7.11 Å². The first-order valence-electron chi connectivity index (χ1n) is 6.84. The molecule has 0 bridgehead atoms. The Kier molecular flexibility index (Phi) is 4.43. The second-order valence-electron chi connectivity index (χ2n) is 5.06. The Morgan fingerprint density at radius 1 is 1.42 bits per heavy atom. The summed E-state index contributed by atoms with van der Waals surface area (Å²) in [7, 11) is 1.65. The van der Waals surface area contributed by atoms with Gasteiger partial charge < -0.3 is 15.4 Å². The van der Waals surface area contributed by atoms with Crippen molar-refractivity contribution in [2.75, 3.05) is 7.11 Å². The van der Waals surface area contributed by atoms with Crippen LogP contribution < -0.4 is 10.5 Å². The third-order valence-electron chi connectivity index (χ3n) is 3.54. The minimum atomic E-state index is -0.376. The maximum atomic E-state index is 12.3. The van der Waals surface area contributed by atoms with Gasteiger partial charge in [-0.3, -0.25) is 4.79 Å². The van der Waals surface area contributed by atoms with Crippen LogP contribution in [-0.4, -0.2) is 30.0 Å². The molecule has 0 aliphatic heterocycles. The molecule has 4 nitrogen and oxygen atoms in total. The lowest BCUT2D eigenvalue weighted by Gasteiger charge is -2.25. The lowest BCUT2D eigenvalue weighted by Crippen LogP contribution is -2.44. The number of amides is 1. The highest BCUT2D eigenvalue weighted by Gasteiger charge is 2.34. The van der Waals surface area contributed by atoms with Crippen LogP contribution in [0.2, 0.25) is 0 Å². The van der Waals surface area contributed by atoms with Gasteiger partial charge >= 0.3 is 0 Å². The minimum Gasteiger partial charge on any atom is -0.497 e. The van der Waals surface area contributed by atoms with E-state index in [2.05, 4.69) is 0 Å². The van der Waals surface area contributed by atoms with Gasteiger partial charge in [-0.05, 0) is 37.0 Å². The van der Waals surface area contributed by atoms with Gasteiger partial charge in [0, 0.05) is 12.6 Å². The van der Waals surface area contributed by atoms with E-state index in [0.29, 0.717) is 19.0 Å². The fourth-order valence-electron chi connectivity index (χ4n) is 2.09. The highest BCUT2D eigenvalue weighted by atomic mass is 16.5. The van der Waals surface area contributed by atoms with Crippen molar-refractivity contribution in [3.63, 3.8) is 0 Å². The van der Waals surface area contributed by atoms with E-state index in [1.165, 1.54) is 0 Å². The first kappa shape index (κ1) is 13.9. The predicted octanol–water partition coefficient (Wildman–Crippen LogP) is 1.92. The third kappa shape index (κ3) is 3.47. The van der Waals surface area contributed by atoms with Crippen molar-refractivity contribution in [3.8, 4) is 5.75 Å². The molecule has 0 radical (unpaired) electrons. The highest BCUT2D eigenvalue weighted by Crippen LogP contribution is 2.29. The second-order valence-corrected chi connectivity index (χ2v) is 5.06. The molecule has 0 heterocycles. The van der Waals surface area contributed by atoms with Gasteiger partial charge in [-0.1, -0.05) is 19.1 Å². The molecule has 1 amide bonds. The summed E-state index contributed by atoms with van der Waals surface area (Å²) in [4.78, 5) is 14.2. The Balaban J connectivity index is 2.05. The van der Waals surface area contributed by atoms with Crippen molar-refractivity contribution in [1.29, 1.82) is 0 Å². The van der Waals surface area contributed by atoms with Gasteiger partial charge in [-0.25, -0.2) is 0 Å². The topological polar surface area (TPSA) is 55.6 Å². The number of methoxy groups -OCH3 is 1. The normalized spacial score (nSPS) is 15.9. The predicted molar refractivity (Wildman–Crippen MR) is 74.8 cm³/mol. The molecule has 1 aromatic carbocycles. The molecule has 4 heteroatoms. The Morgan fingerprint density at radius 2 is 2.05 bits per heavy atom. The maximum absolute atomic E-state index is 12.3. The number of hydrogen-bond donors (Lipinski definition) is 1. The SMILES string of the molecule is CC[C@H](N)C(=O)N(Cc1ccc(OC)cc1)C1CC1. The van der Waals surface area contributed by atoms with Crippen molar-refractivity contribution in [1.82, 2.24) is 4.90 Å². The number of carbonyl (C=O) groups is 1. The molecular weight excluding hydrogens is 240 g/mol. The molecule has 1 aromatic rings. The number of rotatable bonds is 6. The third-order valence-corrected chi connectivity index (χ3v) is 3.54. The van der Waals surface area contributed by atoms with Crippen LogP contribution in [0.25, 0.3) is 0 Å². The van der Waals surface area contributed by atoms with Gasteiger partial charge in [-0.15, -0.1) is 0 Å². The Bertz CT molecular complexity index is 426. The molecule has 1 fully saturated rings. The number of nitrogens with zero attached hydrogens (tertiary/aromatic N) is 1. The Hall–Kier alpha value is -1.55. The summed E-state index contributed by atoms with van der Waals surface area (Å²) in [6.07, 6.45) is 2.88. The van der Waals surface area contributed by atoms with Gasteiger partial charge in [0.05, 0.1) is 13.2 Å². The Labute approximate surface area is 114 Å². The standard InChI is InChI=1S/C15H22N2O2/c1-3-14(16)15(18)17(12-6-7-12)10-11-4-8-13(19-2)9-5-11/h4-5,8-9,12,14H,3,6-7,10,16H2,1-2H3/t14-/m0/s1. The average Bonchev–Trinajstić information content (AvgIpc) is 3.28. The van der Waals surface area contributed by atoms with Crippen LogP contribution in [0.3, 0.4) is 0 Å². The van der Waals surface area contributed by atoms with Crippen molar-refractivity contribution >= 4 is 5.91 Å². The first-order chi connectivity index (χ1) is 9.15. The van der Waals surface area contributed by atoms with Crippen LogP contribution in [-0.2, 0) is 11.3 Å². The summed E-state index contributed by atoms with van der Waals surface area (Å²) in [5.41, 5.74) is 6.99. The molecular formula is C15H22N2O2. The largest absolute Gasteiger partial charge is 0.497 e. The van der Waals surface area contributed by atoms with Gasteiger partial charge in [0.2, 0.25) is 5.91 Å². The molecule has 1 atom stereocenters. The lowest BCUT2D eigenvalue weighted by atomic mass is 10.1. The van der Waals surface area contributed by atoms with E-state index in [1.807, 2.05) is 36.1 Å². The van der Waals surface area contributed by atoms with E-state index in [4.69, 9.17) is 10.5 Å². The molecule has 0 unspecified atom stereocenters. The van der Waals surface area contributed by atoms with E-state index in [0.717, 1.165) is 24.2 Å². The summed E-state index contributed by atoms with van der Waals surface area (Å²) in [6, 6.07) is 7.85. The molecule has 0 spiro atoms. The van der Waals surface area contributed by atoms with Gasteiger partial charge in [-0.2, -0.15) is 0 Å². The van der Waals surface area contributed by atoms with Gasteiger partial charge in [0.1, 0.15) is 5.75 Å². The van der Waals surface area contributed by atoms with Crippen molar-refractivity contribution in [2.45, 2.75) is 44.8 Å². The summed E-state index contributed by atoms with van der Waals surface area (Å²) in [5, 5.41) is 0. The van der Waals surface area contributed by atoms with Crippen molar-refractivity contribution < 1.29 is 9.53 Å². The quantitative estimate of drug-likeness (QED) is 0.852. The molecule has 0 aromatic heterocycles. The number of ether oxygens (including phenoxy) is 1. The van der Waals surface area contributed by atoms with E-state index in [-0.39, 0.29) is 11.9 Å². The van der Waals surface area contributed by atoms with E-state index < -0.39 is 0 Å². The highest BCUT2D eigenvalue weighted by molar-refractivity contribution is 5.82. The van der Waals surface area contributed by atoms with Crippen LogP contribution in [0, 0.1) is 0 Å². The molecule has 2 N–H and O–H groups in total. The fraction of sp³-hybridized carbons (Fsp3) is 0.533. The second kappa shape index (κ2) is 6.06. The number of carbonyl (C=O) groups excluding carboxylic acids is 1. The lowest BCUT2D eigenvalue weighted by molar-refractivity contribution is -0.133. The maximum Gasteiger partial charge on any atom is 0.240 e. The van der Waals surface area contributed by atoms with Crippen LogP contribution >= 0.6 is 0 Å². The van der Waals surface area contributed by atoms with Crippen LogP contribution in [0.4, 0.5) is 0 Å². The number of nitrogens with two attached hydrogens (primary N) is 1. The first-order valence-corrected chi connectivity index (χ1v) is 6.84. The zero-order valence-corrected chi connectivity index (χ0v) is 11.6. The van der Waals surface area contributed by atoms with Crippen LogP contribution in [0.1, 0.15) is 31.7 Å². The molecule has 1 saturated carbocycles. The van der Waals surface area contributed by atoms with Gasteiger partial charge in [0.15, 0.2) is 0 Å². The molecule has 19 heavy (non-hydrogen) atoms. The van der Waals surface area contributed by atoms with E-state index in [9.17, 15) is 4.79 Å². The molecule has 104 valence electrons. The summed E-state index contributed by atoms with van der Waals surface area (Å²) in [5.74, 6) is 0.902. The number of hydrogen-bond acceptors (Lipinski definition) is 3. The van der Waals surface area contributed by atoms with E-state index >= 15 is 0 Å². The van der Waals surface area contributed by atoms with Crippen molar-refractivity contribution in [2.24, 2.45) is 5.73 Å². The monoisotopic (exact) mass is 262 g/mol. The Morgan fingerprint density at radius 3 is 2.53 bits per heavy atom. The minimum absolute atomic E-state index is 0.0702. The zero-order valence-electron chi connectivity index (χ0n) is 11.6. The molecule has 0 saturated heterocycles.